The number of ether oxygens (including phenoxy) is 3. The maximum absolute atomic E-state index is 12.9. The molecule has 0 aliphatic rings. The lowest BCUT2D eigenvalue weighted by atomic mass is 10.0. The number of hydrogen-bond donors (Lipinski definition) is 0. The molecule has 0 spiro atoms. The predicted molar refractivity (Wildman–Crippen MR) is 339 cm³/mol. The third-order valence-corrected chi connectivity index (χ3v) is 14.6. The van der Waals surface area contributed by atoms with Gasteiger partial charge in [0.05, 0.1) is 0 Å². The Morgan fingerprint density at radius 1 is 0.269 bits per heavy atom. The molecule has 6 nitrogen and oxygen atoms in total. The fourth-order valence-corrected chi connectivity index (χ4v) is 9.64. The first-order chi connectivity index (χ1) is 38.5. The number of rotatable bonds is 61. The molecule has 0 heterocycles. The molecule has 0 rings (SSSR count). The van der Waals surface area contributed by atoms with Gasteiger partial charge in [0.1, 0.15) is 13.2 Å². The van der Waals surface area contributed by atoms with Crippen molar-refractivity contribution < 1.29 is 28.6 Å². The molecule has 0 aromatic heterocycles. The van der Waals surface area contributed by atoms with E-state index >= 15 is 0 Å². The first kappa shape index (κ1) is 74.6. The molecular formula is C72H126O6. The van der Waals surface area contributed by atoms with Crippen molar-refractivity contribution in [1.82, 2.24) is 0 Å². The lowest BCUT2D eigenvalue weighted by Gasteiger charge is -2.18. The Bertz CT molecular complexity index is 1480. The van der Waals surface area contributed by atoms with Crippen molar-refractivity contribution in [3.05, 3.63) is 85.1 Å². The van der Waals surface area contributed by atoms with Crippen molar-refractivity contribution in [2.75, 3.05) is 13.2 Å². The Morgan fingerprint density at radius 3 is 0.833 bits per heavy atom. The van der Waals surface area contributed by atoms with Gasteiger partial charge in [0.25, 0.3) is 0 Å². The molecule has 78 heavy (non-hydrogen) atoms. The minimum Gasteiger partial charge on any atom is -0.462 e. The molecule has 0 aliphatic heterocycles. The molecular weight excluding hydrogens is 961 g/mol. The molecule has 0 N–H and O–H groups in total. The van der Waals surface area contributed by atoms with E-state index in [1.807, 2.05) is 6.08 Å². The van der Waals surface area contributed by atoms with Crippen LogP contribution in [-0.2, 0) is 28.6 Å². The zero-order valence-electron chi connectivity index (χ0n) is 51.7. The first-order valence-electron chi connectivity index (χ1n) is 33.6. The highest BCUT2D eigenvalue weighted by molar-refractivity contribution is 5.71. The first-order valence-corrected chi connectivity index (χ1v) is 33.6. The van der Waals surface area contributed by atoms with Crippen LogP contribution in [0.2, 0.25) is 0 Å². The Kier molecular flexibility index (Phi) is 63.2. The molecule has 6 heteroatoms. The summed E-state index contributed by atoms with van der Waals surface area (Å²) >= 11 is 0. The zero-order chi connectivity index (χ0) is 56.4. The highest BCUT2D eigenvalue weighted by Gasteiger charge is 2.19. The van der Waals surface area contributed by atoms with E-state index in [1.54, 1.807) is 0 Å². The summed E-state index contributed by atoms with van der Waals surface area (Å²) in [6, 6.07) is 0. The number of unbranched alkanes of at least 4 members (excludes halogenated alkanes) is 36. The topological polar surface area (TPSA) is 78.9 Å². The average Bonchev–Trinajstić information content (AvgIpc) is 3.44. The van der Waals surface area contributed by atoms with E-state index in [0.29, 0.717) is 19.3 Å². The van der Waals surface area contributed by atoms with Crippen LogP contribution in [0.1, 0.15) is 335 Å². The third-order valence-electron chi connectivity index (χ3n) is 14.6. The Balaban J connectivity index is 4.39. The standard InChI is InChI=1S/C72H126O6/c1-4-7-10-13-16-19-22-25-28-31-33-34-35-36-37-38-40-41-44-47-50-53-56-59-62-65-71(74)77-68-69(67-76-70(73)64-61-58-55-52-49-46-43-30-27-24-21-18-15-12-9-6-3)78-72(75)66-63-60-57-54-51-48-45-42-39-32-29-26-23-20-17-14-11-8-5-2/h8,11,17,20,26,29,31,33,39,42,48,51,57,60,69H,4-7,9-10,12-16,18-19,21-25,27-28,30,32,34-38,40-41,43-47,49-50,52-56,58-59,61-68H2,1-3H3/b11-8-,20-17-,29-26-,33-31-,42-39-,51-48-,60-57-. The van der Waals surface area contributed by atoms with Crippen molar-refractivity contribution in [3.8, 4) is 0 Å². The predicted octanol–water partition coefficient (Wildman–Crippen LogP) is 23.1. The van der Waals surface area contributed by atoms with Gasteiger partial charge in [-0.15, -0.1) is 0 Å². The summed E-state index contributed by atoms with van der Waals surface area (Å²) in [6.07, 6.45) is 87.6. The number of allylic oxidation sites excluding steroid dienone is 14. The van der Waals surface area contributed by atoms with Gasteiger partial charge < -0.3 is 14.2 Å². The van der Waals surface area contributed by atoms with Crippen LogP contribution in [0.3, 0.4) is 0 Å². The lowest BCUT2D eigenvalue weighted by molar-refractivity contribution is -0.166. The monoisotopic (exact) mass is 1090 g/mol. The SMILES string of the molecule is CC/C=C\C/C=C\C/C=C\C/C=C\C/C=C\C/C=C\CCC(=O)OC(COC(=O)CCCCCCCCCCCCCCC/C=C\CCCCCCCCCC)COC(=O)CCCCCCCCCCCCCCCCCC. The van der Waals surface area contributed by atoms with Crippen molar-refractivity contribution in [3.63, 3.8) is 0 Å². The summed E-state index contributed by atoms with van der Waals surface area (Å²) in [4.78, 5) is 38.3. The molecule has 0 saturated carbocycles. The fourth-order valence-electron chi connectivity index (χ4n) is 9.64. The number of carbonyl (C=O) groups is 3. The van der Waals surface area contributed by atoms with Gasteiger partial charge in [-0.05, 0) is 83.5 Å². The van der Waals surface area contributed by atoms with Crippen LogP contribution in [-0.4, -0.2) is 37.2 Å². The van der Waals surface area contributed by atoms with Crippen molar-refractivity contribution in [2.45, 2.75) is 341 Å². The second kappa shape index (κ2) is 66.1. The molecule has 450 valence electrons. The van der Waals surface area contributed by atoms with Crippen LogP contribution in [0.5, 0.6) is 0 Å². The molecule has 0 fully saturated rings. The molecule has 1 unspecified atom stereocenters. The summed E-state index contributed by atoms with van der Waals surface area (Å²) in [5.41, 5.74) is 0. The van der Waals surface area contributed by atoms with E-state index in [1.165, 1.54) is 212 Å². The van der Waals surface area contributed by atoms with Crippen LogP contribution in [0, 0.1) is 0 Å². The summed E-state index contributed by atoms with van der Waals surface area (Å²) in [5, 5.41) is 0. The Hall–Kier alpha value is -3.41. The van der Waals surface area contributed by atoms with E-state index in [0.717, 1.165) is 77.0 Å². The van der Waals surface area contributed by atoms with Crippen LogP contribution < -0.4 is 0 Å². The van der Waals surface area contributed by atoms with E-state index in [9.17, 15) is 14.4 Å². The van der Waals surface area contributed by atoms with Crippen LogP contribution in [0.25, 0.3) is 0 Å². The van der Waals surface area contributed by atoms with Gasteiger partial charge in [-0.3, -0.25) is 14.4 Å². The van der Waals surface area contributed by atoms with Crippen LogP contribution in [0.4, 0.5) is 0 Å². The van der Waals surface area contributed by atoms with Gasteiger partial charge in [0, 0.05) is 19.3 Å². The highest BCUT2D eigenvalue weighted by Crippen LogP contribution is 2.17. The number of hydrogen-bond acceptors (Lipinski definition) is 6. The van der Waals surface area contributed by atoms with Crippen LogP contribution >= 0.6 is 0 Å². The van der Waals surface area contributed by atoms with E-state index in [2.05, 4.69) is 99.8 Å². The summed E-state index contributed by atoms with van der Waals surface area (Å²) in [6.45, 7) is 6.51. The Morgan fingerprint density at radius 2 is 0.526 bits per heavy atom. The minimum atomic E-state index is -0.817. The molecule has 0 amide bonds. The zero-order valence-corrected chi connectivity index (χ0v) is 51.7. The average molecular weight is 1090 g/mol. The van der Waals surface area contributed by atoms with Gasteiger partial charge in [0.2, 0.25) is 0 Å². The van der Waals surface area contributed by atoms with Gasteiger partial charge in [-0.25, -0.2) is 0 Å². The normalized spacial score (nSPS) is 12.6. The van der Waals surface area contributed by atoms with Gasteiger partial charge in [-0.2, -0.15) is 0 Å². The van der Waals surface area contributed by atoms with E-state index in [-0.39, 0.29) is 37.5 Å². The molecule has 1 atom stereocenters. The maximum Gasteiger partial charge on any atom is 0.306 e. The molecule has 0 bridgehead atoms. The second-order valence-electron chi connectivity index (χ2n) is 22.4. The second-order valence-corrected chi connectivity index (χ2v) is 22.4. The van der Waals surface area contributed by atoms with Crippen molar-refractivity contribution in [1.29, 1.82) is 0 Å². The minimum absolute atomic E-state index is 0.103. The van der Waals surface area contributed by atoms with Crippen molar-refractivity contribution in [2.24, 2.45) is 0 Å². The maximum atomic E-state index is 12.9. The Labute approximate surface area is 484 Å². The smallest absolute Gasteiger partial charge is 0.306 e. The van der Waals surface area contributed by atoms with Gasteiger partial charge in [0.15, 0.2) is 6.10 Å². The molecule has 0 aromatic carbocycles. The third kappa shape index (κ3) is 63.4. The quantitative estimate of drug-likeness (QED) is 0.0261. The van der Waals surface area contributed by atoms with Gasteiger partial charge >= 0.3 is 17.9 Å². The van der Waals surface area contributed by atoms with Crippen LogP contribution in [0.15, 0.2) is 85.1 Å². The molecule has 0 aliphatic carbocycles. The number of carbonyl (C=O) groups excluding carboxylic acids is 3. The summed E-state index contributed by atoms with van der Waals surface area (Å²) < 4.78 is 16.9. The van der Waals surface area contributed by atoms with E-state index in [4.69, 9.17) is 14.2 Å². The molecule has 0 saturated heterocycles. The van der Waals surface area contributed by atoms with Crippen molar-refractivity contribution >= 4 is 17.9 Å². The fraction of sp³-hybridized carbons (Fsp3) is 0.764. The van der Waals surface area contributed by atoms with Gasteiger partial charge in [-0.1, -0.05) is 318 Å². The summed E-state index contributed by atoms with van der Waals surface area (Å²) in [7, 11) is 0. The molecule has 0 radical (unpaired) electrons. The lowest BCUT2D eigenvalue weighted by Crippen LogP contribution is -2.30. The number of esters is 3. The highest BCUT2D eigenvalue weighted by atomic mass is 16.6. The largest absolute Gasteiger partial charge is 0.462 e. The summed E-state index contributed by atoms with van der Waals surface area (Å²) in [5.74, 6) is -0.972. The van der Waals surface area contributed by atoms with E-state index < -0.39 is 6.10 Å². The molecule has 0 aromatic rings.